The van der Waals surface area contributed by atoms with Crippen LogP contribution < -0.4 is 13.4 Å². The smallest absolute Gasteiger partial charge is 0.196 e. The van der Waals surface area contributed by atoms with Crippen LogP contribution in [0.3, 0.4) is 0 Å². The first-order chi connectivity index (χ1) is 25.2. The van der Waals surface area contributed by atoms with E-state index in [1.54, 1.807) is 0 Å². The van der Waals surface area contributed by atoms with Crippen molar-refractivity contribution in [3.63, 3.8) is 0 Å². The third-order valence-corrected chi connectivity index (χ3v) is 10.5. The van der Waals surface area contributed by atoms with Crippen LogP contribution in [0.2, 0.25) is 0 Å². The summed E-state index contributed by atoms with van der Waals surface area (Å²) < 4.78 is 0.955. The highest BCUT2D eigenvalue weighted by Gasteiger charge is 2.50. The summed E-state index contributed by atoms with van der Waals surface area (Å²) in [5.41, 5.74) is 12.6. The van der Waals surface area contributed by atoms with Gasteiger partial charge >= 0.3 is 0 Å². The number of nitrogens with zero attached hydrogens (tertiary/aromatic N) is 6. The molecule has 0 saturated heterocycles. The number of benzene rings is 7. The molecule has 7 aromatic rings. The summed E-state index contributed by atoms with van der Waals surface area (Å²) in [6.07, 6.45) is 6.25. The van der Waals surface area contributed by atoms with Crippen molar-refractivity contribution in [2.75, 3.05) is 0 Å². The lowest BCUT2D eigenvalue weighted by molar-refractivity contribution is 0.743. The minimum atomic E-state index is 0.318. The maximum atomic E-state index is 5.07. The van der Waals surface area contributed by atoms with Crippen molar-refractivity contribution in [3.8, 4) is 0 Å². The van der Waals surface area contributed by atoms with Gasteiger partial charge in [0.25, 0.3) is 0 Å². The SMILES string of the molecule is C1=Nc2ccccc2[N+]1(c1ccccc1)c1cc([N+]2(c3ccccc3)C=Nc3ccccc32)cc([N+]2(c3ccccc3)C=Nc3ccccc32)c1. The molecule has 0 N–H and O–H groups in total. The second-order valence-corrected chi connectivity index (χ2v) is 13.1. The van der Waals surface area contributed by atoms with Crippen LogP contribution in [-0.2, 0) is 0 Å². The molecule has 0 aromatic heterocycles. The lowest BCUT2D eigenvalue weighted by Gasteiger charge is -2.36. The van der Waals surface area contributed by atoms with Crippen molar-refractivity contribution in [2.24, 2.45) is 15.0 Å². The van der Waals surface area contributed by atoms with Crippen LogP contribution in [0, 0.1) is 0 Å². The van der Waals surface area contributed by atoms with Gasteiger partial charge in [0, 0.05) is 54.6 Å². The van der Waals surface area contributed by atoms with Gasteiger partial charge in [-0.15, -0.1) is 0 Å². The van der Waals surface area contributed by atoms with Crippen LogP contribution in [0.5, 0.6) is 0 Å². The van der Waals surface area contributed by atoms with Crippen LogP contribution in [0.4, 0.5) is 68.2 Å². The molecule has 0 spiro atoms. The minimum Gasteiger partial charge on any atom is -0.196 e. The molecule has 240 valence electrons. The molecule has 0 aliphatic carbocycles. The Labute approximate surface area is 296 Å². The predicted octanol–water partition coefficient (Wildman–Crippen LogP) is 12.6. The summed E-state index contributed by atoms with van der Waals surface area (Å²) in [6.45, 7) is 0. The quantitative estimate of drug-likeness (QED) is 0.160. The largest absolute Gasteiger partial charge is 0.206 e. The van der Waals surface area contributed by atoms with Crippen molar-refractivity contribution in [2.45, 2.75) is 0 Å². The highest BCUT2D eigenvalue weighted by atomic mass is 15.5. The topological polar surface area (TPSA) is 37.1 Å². The Bertz CT molecular complexity index is 2250. The molecule has 0 radical (unpaired) electrons. The van der Waals surface area contributed by atoms with E-state index in [2.05, 4.69) is 201 Å². The average Bonchev–Trinajstić information content (AvgIpc) is 3.93. The molecule has 0 amide bonds. The monoisotopic (exact) mass is 657 g/mol. The van der Waals surface area contributed by atoms with E-state index in [1.165, 1.54) is 0 Å². The fraction of sp³-hybridized carbons (Fsp3) is 0. The maximum Gasteiger partial charge on any atom is 0.206 e. The van der Waals surface area contributed by atoms with Gasteiger partial charge in [-0.3, -0.25) is 0 Å². The van der Waals surface area contributed by atoms with Crippen LogP contribution in [0.25, 0.3) is 0 Å². The van der Waals surface area contributed by atoms with Gasteiger partial charge < -0.3 is 0 Å². The molecule has 0 fully saturated rings. The number of aliphatic imine (C=N–C) groups is 3. The first kappa shape index (κ1) is 29.4. The summed E-state index contributed by atoms with van der Waals surface area (Å²) in [7, 11) is 0. The van der Waals surface area contributed by atoms with Gasteiger partial charge in [-0.1, -0.05) is 91.0 Å². The summed E-state index contributed by atoms with van der Waals surface area (Å²) in [5.74, 6) is 0. The Balaban J connectivity index is 1.36. The summed E-state index contributed by atoms with van der Waals surface area (Å²) in [5, 5.41) is 0. The van der Waals surface area contributed by atoms with Gasteiger partial charge in [0.2, 0.25) is 19.0 Å². The highest BCUT2D eigenvalue weighted by molar-refractivity contribution is 6.07. The van der Waals surface area contributed by atoms with Gasteiger partial charge in [0.15, 0.2) is 34.1 Å². The molecule has 7 aromatic carbocycles. The van der Waals surface area contributed by atoms with E-state index >= 15 is 0 Å². The highest BCUT2D eigenvalue weighted by Crippen LogP contribution is 2.59. The van der Waals surface area contributed by atoms with Crippen molar-refractivity contribution in [3.05, 3.63) is 182 Å². The van der Waals surface area contributed by atoms with Gasteiger partial charge in [0.1, 0.15) is 34.1 Å². The molecule has 6 heteroatoms. The maximum absolute atomic E-state index is 5.07. The predicted molar refractivity (Wildman–Crippen MR) is 213 cm³/mol. The average molecular weight is 658 g/mol. The molecule has 6 nitrogen and oxygen atoms in total. The molecule has 3 heterocycles. The van der Waals surface area contributed by atoms with E-state index in [4.69, 9.17) is 15.0 Å². The fourth-order valence-corrected chi connectivity index (χ4v) is 8.11. The van der Waals surface area contributed by atoms with E-state index in [9.17, 15) is 0 Å². The Kier molecular flexibility index (Phi) is 6.47. The Hall–Kier alpha value is -6.57. The fourth-order valence-electron chi connectivity index (χ4n) is 8.11. The lowest BCUT2D eigenvalue weighted by atomic mass is 10.0. The molecule has 3 aliphatic heterocycles. The zero-order valence-corrected chi connectivity index (χ0v) is 27.7. The number of para-hydroxylation sites is 9. The van der Waals surface area contributed by atoms with Gasteiger partial charge in [-0.05, 0) is 18.2 Å². The Morgan fingerprint density at radius 3 is 0.804 bits per heavy atom. The van der Waals surface area contributed by atoms with Gasteiger partial charge in [-0.2, -0.15) is 28.4 Å². The summed E-state index contributed by atoms with van der Waals surface area (Å²) in [4.78, 5) is 15.2. The second kappa shape index (κ2) is 11.2. The number of rotatable bonds is 6. The molecule has 0 saturated carbocycles. The standard InChI is InChI=1S/C45H33N6/c1-4-16-34(17-5-1)49(31-46-40-22-10-13-25-43(40)49)37-28-38(50(35-18-6-2-7-19-35)32-47-41-23-11-14-26-44(41)50)30-39(29-37)51(36-20-8-3-9-21-36)33-48-42-24-12-15-27-45(42)51/h1-33H/q+3. The first-order valence-electron chi connectivity index (χ1n) is 17.2. The molecule has 3 unspecified atom stereocenters. The number of fused-ring (bicyclic) bond motifs is 3. The van der Waals surface area contributed by atoms with Crippen molar-refractivity contribution in [1.29, 1.82) is 0 Å². The molecule has 51 heavy (non-hydrogen) atoms. The molecule has 3 atom stereocenters. The Morgan fingerprint density at radius 2 is 0.510 bits per heavy atom. The van der Waals surface area contributed by atoms with E-state index in [0.29, 0.717) is 13.4 Å². The summed E-state index contributed by atoms with van der Waals surface area (Å²) in [6, 6.07) is 64.5. The van der Waals surface area contributed by atoms with Gasteiger partial charge in [-0.25, -0.2) is 0 Å². The number of hydrogen-bond acceptors (Lipinski definition) is 3. The van der Waals surface area contributed by atoms with E-state index in [0.717, 1.165) is 68.2 Å². The van der Waals surface area contributed by atoms with Crippen molar-refractivity contribution < 1.29 is 0 Å². The molecular weight excluding hydrogens is 625 g/mol. The Morgan fingerprint density at radius 1 is 0.255 bits per heavy atom. The number of quaternary nitrogens is 3. The lowest BCUT2D eigenvalue weighted by Crippen LogP contribution is -2.40. The minimum absolute atomic E-state index is 0.318. The molecule has 3 aliphatic rings. The molecule has 10 rings (SSSR count). The molecule has 0 bridgehead atoms. The van der Waals surface area contributed by atoms with Crippen LogP contribution >= 0.6 is 0 Å². The molecular formula is C45H33N6+3. The second-order valence-electron chi connectivity index (χ2n) is 13.1. The van der Waals surface area contributed by atoms with E-state index in [1.807, 2.05) is 0 Å². The zero-order chi connectivity index (χ0) is 33.9. The van der Waals surface area contributed by atoms with E-state index < -0.39 is 0 Å². The van der Waals surface area contributed by atoms with E-state index in [-0.39, 0.29) is 0 Å². The number of hydrogen-bond donors (Lipinski definition) is 0. The van der Waals surface area contributed by atoms with Gasteiger partial charge in [0.05, 0.1) is 18.2 Å². The van der Waals surface area contributed by atoms with Crippen molar-refractivity contribution >= 4 is 87.3 Å². The summed E-state index contributed by atoms with van der Waals surface area (Å²) >= 11 is 0. The van der Waals surface area contributed by atoms with Crippen LogP contribution in [0.15, 0.2) is 197 Å². The normalized spacial score (nSPS) is 22.1. The zero-order valence-electron chi connectivity index (χ0n) is 27.7. The van der Waals surface area contributed by atoms with Crippen LogP contribution in [0.1, 0.15) is 0 Å². The van der Waals surface area contributed by atoms with Crippen molar-refractivity contribution in [1.82, 2.24) is 13.4 Å². The third-order valence-electron chi connectivity index (χ3n) is 10.5. The van der Waals surface area contributed by atoms with Crippen LogP contribution in [-0.4, -0.2) is 19.0 Å². The first-order valence-corrected chi connectivity index (χ1v) is 17.2. The third kappa shape index (κ3) is 4.13.